The van der Waals surface area contributed by atoms with E-state index in [0.29, 0.717) is 12.0 Å². The topological polar surface area (TPSA) is 12.9 Å². The van der Waals surface area contributed by atoms with Gasteiger partial charge in [0.2, 0.25) is 0 Å². The van der Waals surface area contributed by atoms with E-state index in [-0.39, 0.29) is 0 Å². The maximum Gasteiger partial charge on any atom is 0.412 e. The lowest BCUT2D eigenvalue weighted by Crippen LogP contribution is -2.09. The van der Waals surface area contributed by atoms with Crippen molar-refractivity contribution in [2.24, 2.45) is 0 Å². The molecule has 0 unspecified atom stereocenters. The van der Waals surface area contributed by atoms with Crippen LogP contribution >= 0.6 is 0 Å². The summed E-state index contributed by atoms with van der Waals surface area (Å²) < 4.78 is 36.7. The van der Waals surface area contributed by atoms with Gasteiger partial charge >= 0.3 is 6.18 Å². The molecular weight excluding hydrogens is 215 g/mol. The number of hydrogen-bond donors (Lipinski definition) is 0. The Kier molecular flexibility index (Phi) is 3.88. The van der Waals surface area contributed by atoms with Gasteiger partial charge in [-0.25, -0.2) is 0 Å². The van der Waals surface area contributed by atoms with Crippen LogP contribution in [0.4, 0.5) is 13.2 Å². The van der Waals surface area contributed by atoms with Crippen molar-refractivity contribution < 1.29 is 13.2 Å². The third-order valence-corrected chi connectivity index (χ3v) is 2.02. The van der Waals surface area contributed by atoms with Crippen molar-refractivity contribution in [3.05, 3.63) is 53.9 Å². The molecule has 4 heteroatoms. The number of alkyl halides is 3. The van der Waals surface area contributed by atoms with Crippen LogP contribution in [0.2, 0.25) is 0 Å². The zero-order valence-electron chi connectivity index (χ0n) is 8.88. The minimum absolute atomic E-state index is 0.376. The van der Waals surface area contributed by atoms with Crippen molar-refractivity contribution in [1.82, 2.24) is 4.98 Å². The fourth-order valence-electron chi connectivity index (χ4n) is 1.20. The highest BCUT2D eigenvalue weighted by molar-refractivity contribution is 5.28. The molecule has 0 aliphatic carbocycles. The molecule has 0 aliphatic rings. The molecule has 1 rings (SSSR count). The van der Waals surface area contributed by atoms with Crippen molar-refractivity contribution in [3.63, 3.8) is 0 Å². The Labute approximate surface area is 92.3 Å². The van der Waals surface area contributed by atoms with Crippen molar-refractivity contribution >= 4 is 0 Å². The van der Waals surface area contributed by atoms with Gasteiger partial charge in [0.1, 0.15) is 0 Å². The molecule has 86 valence electrons. The number of allylic oxidation sites excluding steroid dienone is 3. The number of hydrogen-bond acceptors (Lipinski definition) is 1. The molecule has 1 aromatic heterocycles. The molecule has 0 saturated carbocycles. The number of rotatable bonds is 3. The monoisotopic (exact) mass is 227 g/mol. The summed E-state index contributed by atoms with van der Waals surface area (Å²) in [4.78, 5) is 3.88. The summed E-state index contributed by atoms with van der Waals surface area (Å²) in [6.45, 7) is 4.64. The molecule has 0 aliphatic heterocycles. The molecule has 0 spiro atoms. The van der Waals surface area contributed by atoms with Gasteiger partial charge in [0.25, 0.3) is 0 Å². The molecule has 0 fully saturated rings. The molecule has 16 heavy (non-hydrogen) atoms. The van der Waals surface area contributed by atoms with Crippen molar-refractivity contribution in [3.8, 4) is 0 Å². The van der Waals surface area contributed by atoms with Crippen LogP contribution < -0.4 is 0 Å². The van der Waals surface area contributed by atoms with Gasteiger partial charge in [-0.1, -0.05) is 24.3 Å². The first kappa shape index (κ1) is 12.5. The molecule has 0 amide bonds. The SMILES string of the molecule is C=C(/C=C(\C)C(F)(F)F)Cc1cccnc1. The maximum atomic E-state index is 12.2. The van der Waals surface area contributed by atoms with Gasteiger partial charge in [-0.05, 0) is 25.0 Å². The van der Waals surface area contributed by atoms with Gasteiger partial charge < -0.3 is 0 Å². The third kappa shape index (κ3) is 3.88. The van der Waals surface area contributed by atoms with Crippen LogP contribution in [0, 0.1) is 0 Å². The van der Waals surface area contributed by atoms with Gasteiger partial charge in [0, 0.05) is 18.0 Å². The lowest BCUT2D eigenvalue weighted by molar-refractivity contribution is -0.0913. The summed E-state index contributed by atoms with van der Waals surface area (Å²) in [7, 11) is 0. The number of pyridine rings is 1. The second-order valence-electron chi connectivity index (χ2n) is 3.52. The second kappa shape index (κ2) is 4.96. The summed E-state index contributed by atoms with van der Waals surface area (Å²) >= 11 is 0. The van der Waals surface area contributed by atoms with Gasteiger partial charge in [0.05, 0.1) is 0 Å². The van der Waals surface area contributed by atoms with Gasteiger partial charge in [-0.3, -0.25) is 4.98 Å². The summed E-state index contributed by atoms with van der Waals surface area (Å²) in [6.07, 6.45) is 0.386. The van der Waals surface area contributed by atoms with Crippen LogP contribution in [0.25, 0.3) is 0 Å². The van der Waals surface area contributed by atoms with E-state index in [9.17, 15) is 13.2 Å². The molecule has 0 bridgehead atoms. The Bertz CT molecular complexity index is 390. The highest BCUT2D eigenvalue weighted by Crippen LogP contribution is 2.26. The van der Waals surface area contributed by atoms with E-state index < -0.39 is 11.7 Å². The highest BCUT2D eigenvalue weighted by Gasteiger charge is 2.29. The zero-order valence-corrected chi connectivity index (χ0v) is 8.88. The van der Waals surface area contributed by atoms with Crippen LogP contribution in [-0.2, 0) is 6.42 Å². The molecule has 0 saturated heterocycles. The van der Waals surface area contributed by atoms with E-state index in [2.05, 4.69) is 11.6 Å². The van der Waals surface area contributed by atoms with Crippen LogP contribution in [0.15, 0.2) is 48.3 Å². The van der Waals surface area contributed by atoms with E-state index in [0.717, 1.165) is 18.6 Å². The third-order valence-electron chi connectivity index (χ3n) is 2.02. The van der Waals surface area contributed by atoms with E-state index in [1.807, 2.05) is 0 Å². The predicted octanol–water partition coefficient (Wildman–Crippen LogP) is 3.69. The van der Waals surface area contributed by atoms with Gasteiger partial charge in [-0.15, -0.1) is 0 Å². The Hall–Kier alpha value is -1.58. The molecule has 0 atom stereocenters. The van der Waals surface area contributed by atoms with Crippen LogP contribution in [0.3, 0.4) is 0 Å². The van der Waals surface area contributed by atoms with E-state index in [1.54, 1.807) is 24.5 Å². The average Bonchev–Trinajstić information content (AvgIpc) is 2.17. The average molecular weight is 227 g/mol. The fraction of sp³-hybridized carbons (Fsp3) is 0.250. The van der Waals surface area contributed by atoms with E-state index in [4.69, 9.17) is 0 Å². The van der Waals surface area contributed by atoms with Gasteiger partial charge in [0.15, 0.2) is 0 Å². The Morgan fingerprint density at radius 1 is 1.50 bits per heavy atom. The molecular formula is C12H12F3N. The normalized spacial score (nSPS) is 12.6. The smallest absolute Gasteiger partial charge is 0.264 e. The first-order valence-corrected chi connectivity index (χ1v) is 4.72. The highest BCUT2D eigenvalue weighted by atomic mass is 19.4. The fourth-order valence-corrected chi connectivity index (χ4v) is 1.20. The van der Waals surface area contributed by atoms with Crippen LogP contribution in [-0.4, -0.2) is 11.2 Å². The molecule has 1 nitrogen and oxygen atoms in total. The summed E-state index contributed by atoms with van der Waals surface area (Å²) in [5.41, 5.74) is 0.628. The van der Waals surface area contributed by atoms with E-state index >= 15 is 0 Å². The van der Waals surface area contributed by atoms with Gasteiger partial charge in [-0.2, -0.15) is 13.2 Å². The van der Waals surface area contributed by atoms with Crippen molar-refractivity contribution in [1.29, 1.82) is 0 Å². The molecule has 0 N–H and O–H groups in total. The number of halogens is 3. The standard InChI is InChI=1S/C12H12F3N/c1-9(6-10(2)12(13,14)15)7-11-4-3-5-16-8-11/h3-6,8H,1,7H2,2H3/b10-6+. The molecule has 1 aromatic rings. The largest absolute Gasteiger partial charge is 0.412 e. The predicted molar refractivity (Wildman–Crippen MR) is 56.9 cm³/mol. The Balaban J connectivity index is 2.68. The van der Waals surface area contributed by atoms with Crippen LogP contribution in [0.1, 0.15) is 12.5 Å². The summed E-state index contributed by atoms with van der Waals surface area (Å²) in [5.74, 6) is 0. The zero-order chi connectivity index (χ0) is 12.2. The number of aromatic nitrogens is 1. The lowest BCUT2D eigenvalue weighted by Gasteiger charge is -2.07. The molecule has 0 radical (unpaired) electrons. The Morgan fingerprint density at radius 3 is 2.69 bits per heavy atom. The maximum absolute atomic E-state index is 12.2. The summed E-state index contributed by atoms with van der Waals surface area (Å²) in [6, 6.07) is 3.54. The quantitative estimate of drug-likeness (QED) is 0.717. The molecule has 1 heterocycles. The lowest BCUT2D eigenvalue weighted by atomic mass is 10.1. The first-order chi connectivity index (χ1) is 7.39. The summed E-state index contributed by atoms with van der Waals surface area (Å²) in [5, 5.41) is 0. The second-order valence-corrected chi connectivity index (χ2v) is 3.52. The van der Waals surface area contributed by atoms with E-state index in [1.165, 1.54) is 0 Å². The van der Waals surface area contributed by atoms with Crippen molar-refractivity contribution in [2.75, 3.05) is 0 Å². The Morgan fingerprint density at radius 2 is 2.19 bits per heavy atom. The minimum Gasteiger partial charge on any atom is -0.264 e. The molecule has 0 aromatic carbocycles. The van der Waals surface area contributed by atoms with Crippen molar-refractivity contribution in [2.45, 2.75) is 19.5 Å². The first-order valence-electron chi connectivity index (χ1n) is 4.72. The number of nitrogens with zero attached hydrogens (tertiary/aromatic N) is 1. The van der Waals surface area contributed by atoms with Crippen LogP contribution in [0.5, 0.6) is 0 Å². The minimum atomic E-state index is -4.28.